The van der Waals surface area contributed by atoms with Crippen molar-refractivity contribution in [3.05, 3.63) is 29.8 Å². The van der Waals surface area contributed by atoms with Gasteiger partial charge >= 0.3 is 0 Å². The van der Waals surface area contributed by atoms with Crippen LogP contribution in [0.3, 0.4) is 0 Å². The standard InChI is InChI=1S/C21H32O2/c1-3-4-5-6-7-16-21(2,17-8-12-19(22)13-9-17)18-10-14-20(23)15-11-18/h8-9,12-13,18,22H,3-7,10-11,14-16H2,1-2H3. The smallest absolute Gasteiger partial charge is 0.132 e. The first-order chi connectivity index (χ1) is 11.1. The highest BCUT2D eigenvalue weighted by Crippen LogP contribution is 2.44. The molecule has 1 aromatic rings. The van der Waals surface area contributed by atoms with Crippen LogP contribution in [0, 0.1) is 5.92 Å². The molecule has 1 fully saturated rings. The first-order valence-corrected chi connectivity index (χ1v) is 9.37. The van der Waals surface area contributed by atoms with E-state index in [1.807, 2.05) is 0 Å². The summed E-state index contributed by atoms with van der Waals surface area (Å²) in [5, 5.41) is 9.60. The molecule has 0 aliphatic heterocycles. The Morgan fingerprint density at radius 3 is 2.26 bits per heavy atom. The van der Waals surface area contributed by atoms with E-state index in [0.29, 0.717) is 17.5 Å². The van der Waals surface area contributed by atoms with Gasteiger partial charge < -0.3 is 5.11 Å². The van der Waals surface area contributed by atoms with Crippen molar-refractivity contribution in [1.82, 2.24) is 0 Å². The normalized spacial score (nSPS) is 18.8. The molecule has 0 aromatic heterocycles. The monoisotopic (exact) mass is 316 g/mol. The lowest BCUT2D eigenvalue weighted by Crippen LogP contribution is -2.35. The van der Waals surface area contributed by atoms with E-state index in [4.69, 9.17) is 0 Å². The quantitative estimate of drug-likeness (QED) is 0.618. The molecule has 0 radical (unpaired) electrons. The van der Waals surface area contributed by atoms with Gasteiger partial charge in [-0.1, -0.05) is 58.1 Å². The maximum Gasteiger partial charge on any atom is 0.132 e. The van der Waals surface area contributed by atoms with Crippen molar-refractivity contribution >= 4 is 5.78 Å². The summed E-state index contributed by atoms with van der Waals surface area (Å²) in [7, 11) is 0. The molecule has 0 spiro atoms. The van der Waals surface area contributed by atoms with Crippen molar-refractivity contribution in [2.24, 2.45) is 5.92 Å². The zero-order chi connectivity index (χ0) is 16.7. The summed E-state index contributed by atoms with van der Waals surface area (Å²) in [6.07, 6.45) is 11.2. The summed E-state index contributed by atoms with van der Waals surface area (Å²) in [5.41, 5.74) is 1.45. The summed E-state index contributed by atoms with van der Waals surface area (Å²) >= 11 is 0. The van der Waals surface area contributed by atoms with Crippen LogP contribution >= 0.6 is 0 Å². The Morgan fingerprint density at radius 1 is 1.04 bits per heavy atom. The Hall–Kier alpha value is -1.31. The molecule has 128 valence electrons. The Balaban J connectivity index is 2.09. The number of phenols is 1. The van der Waals surface area contributed by atoms with Crippen molar-refractivity contribution in [1.29, 1.82) is 0 Å². The predicted octanol–water partition coefficient (Wildman–Crippen LogP) is 5.77. The number of unbranched alkanes of at least 4 members (excludes halogenated alkanes) is 4. The third-order valence-electron chi connectivity index (χ3n) is 5.77. The van der Waals surface area contributed by atoms with Crippen LogP contribution in [0.1, 0.15) is 83.6 Å². The number of carbonyl (C=O) groups excluding carboxylic acids is 1. The highest BCUT2D eigenvalue weighted by molar-refractivity contribution is 5.79. The van der Waals surface area contributed by atoms with E-state index >= 15 is 0 Å². The molecule has 1 aliphatic carbocycles. The molecule has 0 heterocycles. The second kappa shape index (κ2) is 8.52. The summed E-state index contributed by atoms with van der Waals surface area (Å²) in [4.78, 5) is 11.6. The molecule has 1 aromatic carbocycles. The minimum atomic E-state index is 0.126. The van der Waals surface area contributed by atoms with Gasteiger partial charge in [-0.3, -0.25) is 4.79 Å². The molecular formula is C21H32O2. The van der Waals surface area contributed by atoms with Gasteiger partial charge in [-0.2, -0.15) is 0 Å². The first kappa shape index (κ1) is 18.0. The van der Waals surface area contributed by atoms with E-state index in [1.54, 1.807) is 12.1 Å². The number of hydrogen-bond donors (Lipinski definition) is 1. The average molecular weight is 316 g/mol. The van der Waals surface area contributed by atoms with Gasteiger partial charge in [0, 0.05) is 12.8 Å². The average Bonchev–Trinajstić information content (AvgIpc) is 2.55. The zero-order valence-corrected chi connectivity index (χ0v) is 14.8. The molecule has 0 amide bonds. The fourth-order valence-corrected chi connectivity index (χ4v) is 4.10. The number of benzene rings is 1. The van der Waals surface area contributed by atoms with E-state index in [1.165, 1.54) is 44.1 Å². The topological polar surface area (TPSA) is 37.3 Å². The van der Waals surface area contributed by atoms with E-state index in [0.717, 1.165) is 25.7 Å². The van der Waals surface area contributed by atoms with E-state index in [9.17, 15) is 9.90 Å². The van der Waals surface area contributed by atoms with Gasteiger partial charge in [0.1, 0.15) is 11.5 Å². The maximum atomic E-state index is 11.6. The number of ketones is 1. The van der Waals surface area contributed by atoms with E-state index in [2.05, 4.69) is 26.0 Å². The third-order valence-corrected chi connectivity index (χ3v) is 5.77. The molecule has 1 saturated carbocycles. The van der Waals surface area contributed by atoms with Crippen molar-refractivity contribution < 1.29 is 9.90 Å². The van der Waals surface area contributed by atoms with Crippen LogP contribution in [0.25, 0.3) is 0 Å². The number of carbonyl (C=O) groups is 1. The predicted molar refractivity (Wildman–Crippen MR) is 95.8 cm³/mol. The van der Waals surface area contributed by atoms with Gasteiger partial charge in [-0.05, 0) is 48.3 Å². The number of rotatable bonds is 8. The molecule has 23 heavy (non-hydrogen) atoms. The fraction of sp³-hybridized carbons (Fsp3) is 0.667. The fourth-order valence-electron chi connectivity index (χ4n) is 4.10. The Bertz CT molecular complexity index is 481. The second-order valence-electron chi connectivity index (χ2n) is 7.44. The lowest BCUT2D eigenvalue weighted by molar-refractivity contribution is -0.121. The molecular weight excluding hydrogens is 284 g/mol. The number of hydrogen-bond acceptors (Lipinski definition) is 2. The minimum Gasteiger partial charge on any atom is -0.508 e. The Kier molecular flexibility index (Phi) is 6.68. The van der Waals surface area contributed by atoms with Gasteiger partial charge in [0.25, 0.3) is 0 Å². The van der Waals surface area contributed by atoms with Crippen LogP contribution in [-0.2, 0) is 10.2 Å². The molecule has 2 rings (SSSR count). The summed E-state index contributed by atoms with van der Waals surface area (Å²) in [5.74, 6) is 1.34. The second-order valence-corrected chi connectivity index (χ2v) is 7.44. The summed E-state index contributed by atoms with van der Waals surface area (Å²) in [6.45, 7) is 4.62. The molecule has 1 N–H and O–H groups in total. The molecule has 2 nitrogen and oxygen atoms in total. The van der Waals surface area contributed by atoms with Gasteiger partial charge in [-0.15, -0.1) is 0 Å². The van der Waals surface area contributed by atoms with Gasteiger partial charge in [0.05, 0.1) is 0 Å². The minimum absolute atomic E-state index is 0.126. The van der Waals surface area contributed by atoms with Gasteiger partial charge in [0.15, 0.2) is 0 Å². The van der Waals surface area contributed by atoms with Crippen molar-refractivity contribution in [2.75, 3.05) is 0 Å². The molecule has 0 saturated heterocycles. The molecule has 2 heteroatoms. The van der Waals surface area contributed by atoms with Crippen molar-refractivity contribution in [2.45, 2.75) is 83.5 Å². The largest absolute Gasteiger partial charge is 0.508 e. The summed E-state index contributed by atoms with van der Waals surface area (Å²) in [6, 6.07) is 7.77. The van der Waals surface area contributed by atoms with Crippen LogP contribution < -0.4 is 0 Å². The van der Waals surface area contributed by atoms with Crippen LogP contribution in [-0.4, -0.2) is 10.9 Å². The Labute approximate surface area is 141 Å². The van der Waals surface area contributed by atoms with Crippen molar-refractivity contribution in [3.63, 3.8) is 0 Å². The van der Waals surface area contributed by atoms with Gasteiger partial charge in [-0.25, -0.2) is 0 Å². The molecule has 0 bridgehead atoms. The Morgan fingerprint density at radius 2 is 1.65 bits per heavy atom. The lowest BCUT2D eigenvalue weighted by Gasteiger charge is -2.40. The van der Waals surface area contributed by atoms with Crippen LogP contribution in [0.4, 0.5) is 0 Å². The van der Waals surface area contributed by atoms with Crippen LogP contribution in [0.2, 0.25) is 0 Å². The van der Waals surface area contributed by atoms with Crippen LogP contribution in [0.5, 0.6) is 5.75 Å². The number of Topliss-reactive ketones (excluding diaryl/α,β-unsaturated/α-hetero) is 1. The first-order valence-electron chi connectivity index (χ1n) is 9.37. The molecule has 1 aliphatic rings. The highest BCUT2D eigenvalue weighted by atomic mass is 16.3. The maximum absolute atomic E-state index is 11.6. The number of aromatic hydroxyl groups is 1. The van der Waals surface area contributed by atoms with E-state index in [-0.39, 0.29) is 5.41 Å². The third kappa shape index (κ3) is 4.83. The lowest BCUT2D eigenvalue weighted by atomic mass is 9.64. The molecule has 1 unspecified atom stereocenters. The van der Waals surface area contributed by atoms with Crippen LogP contribution in [0.15, 0.2) is 24.3 Å². The van der Waals surface area contributed by atoms with Gasteiger partial charge in [0.2, 0.25) is 0 Å². The highest BCUT2D eigenvalue weighted by Gasteiger charge is 2.37. The number of phenolic OH excluding ortho intramolecular Hbond substituents is 1. The van der Waals surface area contributed by atoms with E-state index < -0.39 is 0 Å². The SMILES string of the molecule is CCCCCCCC(C)(c1ccc(O)cc1)C1CCC(=O)CC1. The molecule has 1 atom stereocenters. The summed E-state index contributed by atoms with van der Waals surface area (Å²) < 4.78 is 0. The van der Waals surface area contributed by atoms with Crippen molar-refractivity contribution in [3.8, 4) is 5.75 Å². The zero-order valence-electron chi connectivity index (χ0n) is 14.8.